The lowest BCUT2D eigenvalue weighted by atomic mass is 10.0. The van der Waals surface area contributed by atoms with Gasteiger partial charge in [-0.15, -0.1) is 11.6 Å². The standard InChI is InChI=1S/C20H40ClNO/c1-2-3-4-5-6-7-8-9-10-11-12-13-14-15-16-17-18-19(21)20(22)23/h19H,2-18H2,1H3,(H2,22,23). The third kappa shape index (κ3) is 17.9. The maximum atomic E-state index is 10.8. The van der Waals surface area contributed by atoms with E-state index in [9.17, 15) is 4.79 Å². The van der Waals surface area contributed by atoms with Gasteiger partial charge < -0.3 is 5.73 Å². The zero-order valence-corrected chi connectivity index (χ0v) is 16.2. The molecule has 2 nitrogen and oxygen atoms in total. The second-order valence-electron chi connectivity index (χ2n) is 6.96. The van der Waals surface area contributed by atoms with E-state index in [1.165, 1.54) is 96.3 Å². The van der Waals surface area contributed by atoms with Crippen molar-refractivity contribution in [2.75, 3.05) is 0 Å². The van der Waals surface area contributed by atoms with E-state index in [0.29, 0.717) is 0 Å². The molecule has 3 heteroatoms. The van der Waals surface area contributed by atoms with Crippen LogP contribution in [0.3, 0.4) is 0 Å². The van der Waals surface area contributed by atoms with E-state index in [1.807, 2.05) is 0 Å². The van der Waals surface area contributed by atoms with Crippen molar-refractivity contribution in [2.24, 2.45) is 5.73 Å². The van der Waals surface area contributed by atoms with Crippen LogP contribution in [0.5, 0.6) is 0 Å². The van der Waals surface area contributed by atoms with Crippen molar-refractivity contribution in [3.63, 3.8) is 0 Å². The Morgan fingerprint density at radius 1 is 0.696 bits per heavy atom. The Morgan fingerprint density at radius 3 is 1.30 bits per heavy atom. The van der Waals surface area contributed by atoms with Gasteiger partial charge in [0, 0.05) is 0 Å². The summed E-state index contributed by atoms with van der Waals surface area (Å²) in [4.78, 5) is 10.8. The normalized spacial score (nSPS) is 12.4. The molecule has 0 aromatic rings. The summed E-state index contributed by atoms with van der Waals surface area (Å²) in [6.07, 6.45) is 22.5. The molecule has 0 saturated carbocycles. The average molecular weight is 346 g/mol. The first-order chi connectivity index (χ1) is 11.2. The first-order valence-electron chi connectivity index (χ1n) is 10.1. The fourth-order valence-electron chi connectivity index (χ4n) is 3.01. The second kappa shape index (κ2) is 18.1. The molecule has 0 fully saturated rings. The highest BCUT2D eigenvalue weighted by atomic mass is 35.5. The first kappa shape index (κ1) is 22.8. The van der Waals surface area contributed by atoms with Crippen molar-refractivity contribution in [3.05, 3.63) is 0 Å². The molecule has 1 amide bonds. The summed E-state index contributed by atoms with van der Waals surface area (Å²) < 4.78 is 0. The minimum atomic E-state index is -0.471. The van der Waals surface area contributed by atoms with Crippen molar-refractivity contribution in [1.29, 1.82) is 0 Å². The van der Waals surface area contributed by atoms with Crippen LogP contribution in [-0.4, -0.2) is 11.3 Å². The van der Waals surface area contributed by atoms with Crippen molar-refractivity contribution in [1.82, 2.24) is 0 Å². The number of alkyl halides is 1. The molecular formula is C20H40ClNO. The quantitative estimate of drug-likeness (QED) is 0.217. The Balaban J connectivity index is 3.04. The number of rotatable bonds is 18. The highest BCUT2D eigenvalue weighted by Crippen LogP contribution is 2.15. The number of nitrogens with two attached hydrogens (primary N) is 1. The summed E-state index contributed by atoms with van der Waals surface area (Å²) >= 11 is 5.81. The molecule has 138 valence electrons. The molecule has 0 saturated heterocycles. The van der Waals surface area contributed by atoms with Crippen molar-refractivity contribution < 1.29 is 4.79 Å². The molecule has 0 aliphatic heterocycles. The Hall–Kier alpha value is -0.240. The maximum absolute atomic E-state index is 10.8. The van der Waals surface area contributed by atoms with E-state index in [0.717, 1.165) is 12.8 Å². The van der Waals surface area contributed by atoms with Gasteiger partial charge in [0.1, 0.15) is 5.38 Å². The van der Waals surface area contributed by atoms with Gasteiger partial charge in [-0.05, 0) is 6.42 Å². The van der Waals surface area contributed by atoms with Gasteiger partial charge in [0.15, 0.2) is 0 Å². The minimum Gasteiger partial charge on any atom is -0.368 e. The topological polar surface area (TPSA) is 43.1 Å². The van der Waals surface area contributed by atoms with Gasteiger partial charge >= 0.3 is 0 Å². The number of halogens is 1. The van der Waals surface area contributed by atoms with Gasteiger partial charge in [-0.1, -0.05) is 110 Å². The molecule has 0 aromatic carbocycles. The molecule has 0 spiro atoms. The van der Waals surface area contributed by atoms with E-state index in [1.54, 1.807) is 0 Å². The summed E-state index contributed by atoms with van der Waals surface area (Å²) in [5.41, 5.74) is 5.13. The number of carbonyl (C=O) groups excluding carboxylic acids is 1. The van der Waals surface area contributed by atoms with E-state index in [4.69, 9.17) is 17.3 Å². The summed E-state index contributed by atoms with van der Waals surface area (Å²) in [6.45, 7) is 2.28. The van der Waals surface area contributed by atoms with Crippen LogP contribution in [0.2, 0.25) is 0 Å². The Bertz CT molecular complexity index is 258. The lowest BCUT2D eigenvalue weighted by Crippen LogP contribution is -2.23. The molecular weight excluding hydrogens is 306 g/mol. The predicted molar refractivity (Wildman–Crippen MR) is 103 cm³/mol. The highest BCUT2D eigenvalue weighted by molar-refractivity contribution is 6.30. The summed E-state index contributed by atoms with van der Waals surface area (Å²) in [5.74, 6) is -0.382. The third-order valence-electron chi connectivity index (χ3n) is 4.62. The van der Waals surface area contributed by atoms with Gasteiger partial charge in [0.05, 0.1) is 0 Å². The van der Waals surface area contributed by atoms with E-state index >= 15 is 0 Å². The van der Waals surface area contributed by atoms with Crippen molar-refractivity contribution >= 4 is 17.5 Å². The third-order valence-corrected chi connectivity index (χ3v) is 5.05. The fourth-order valence-corrected chi connectivity index (χ4v) is 3.17. The van der Waals surface area contributed by atoms with Crippen LogP contribution in [0, 0.1) is 0 Å². The lowest BCUT2D eigenvalue weighted by Gasteiger charge is -2.05. The van der Waals surface area contributed by atoms with Gasteiger partial charge in [0.2, 0.25) is 5.91 Å². The molecule has 0 heterocycles. The predicted octanol–water partition coefficient (Wildman–Crippen LogP) is 6.73. The number of primary amides is 1. The van der Waals surface area contributed by atoms with Gasteiger partial charge in [-0.25, -0.2) is 0 Å². The molecule has 0 aliphatic carbocycles. The second-order valence-corrected chi connectivity index (χ2v) is 7.49. The van der Waals surface area contributed by atoms with E-state index < -0.39 is 5.38 Å². The van der Waals surface area contributed by atoms with Crippen LogP contribution in [0.25, 0.3) is 0 Å². The molecule has 1 unspecified atom stereocenters. The Labute approximate surface area is 149 Å². The van der Waals surface area contributed by atoms with Crippen molar-refractivity contribution in [3.8, 4) is 0 Å². The van der Waals surface area contributed by atoms with Gasteiger partial charge in [-0.2, -0.15) is 0 Å². The summed E-state index contributed by atoms with van der Waals surface area (Å²) in [6, 6.07) is 0. The van der Waals surface area contributed by atoms with Crippen LogP contribution in [0.1, 0.15) is 116 Å². The largest absolute Gasteiger partial charge is 0.368 e. The average Bonchev–Trinajstić information content (AvgIpc) is 2.54. The number of unbranched alkanes of at least 4 members (excludes halogenated alkanes) is 15. The van der Waals surface area contributed by atoms with Crippen molar-refractivity contribution in [2.45, 2.75) is 121 Å². The molecule has 2 N–H and O–H groups in total. The molecule has 0 aliphatic rings. The molecule has 0 rings (SSSR count). The number of hydrogen-bond donors (Lipinski definition) is 1. The van der Waals surface area contributed by atoms with Gasteiger partial charge in [0.25, 0.3) is 0 Å². The summed E-state index contributed by atoms with van der Waals surface area (Å²) in [5, 5.41) is -0.471. The van der Waals surface area contributed by atoms with E-state index in [-0.39, 0.29) is 5.91 Å². The maximum Gasteiger partial charge on any atom is 0.235 e. The fraction of sp³-hybridized carbons (Fsp3) is 0.950. The molecule has 0 radical (unpaired) electrons. The Kier molecular flexibility index (Phi) is 17.9. The molecule has 1 atom stereocenters. The van der Waals surface area contributed by atoms with Gasteiger partial charge in [-0.3, -0.25) is 4.79 Å². The summed E-state index contributed by atoms with van der Waals surface area (Å²) in [7, 11) is 0. The van der Waals surface area contributed by atoms with Crippen LogP contribution in [0.15, 0.2) is 0 Å². The SMILES string of the molecule is CCCCCCCCCCCCCCCCCCC(Cl)C(N)=O. The van der Waals surface area contributed by atoms with Crippen LogP contribution in [-0.2, 0) is 4.79 Å². The monoisotopic (exact) mass is 345 g/mol. The Morgan fingerprint density at radius 2 is 1.00 bits per heavy atom. The first-order valence-corrected chi connectivity index (χ1v) is 10.6. The van der Waals surface area contributed by atoms with Crippen LogP contribution in [0.4, 0.5) is 0 Å². The zero-order valence-electron chi connectivity index (χ0n) is 15.5. The molecule has 23 heavy (non-hydrogen) atoms. The number of amides is 1. The van der Waals surface area contributed by atoms with E-state index in [2.05, 4.69) is 6.92 Å². The number of hydrogen-bond acceptors (Lipinski definition) is 1. The lowest BCUT2D eigenvalue weighted by molar-refractivity contribution is -0.117. The highest BCUT2D eigenvalue weighted by Gasteiger charge is 2.09. The number of carbonyl (C=O) groups is 1. The molecule has 0 aromatic heterocycles. The van der Waals surface area contributed by atoms with Crippen LogP contribution >= 0.6 is 11.6 Å². The molecule has 0 bridgehead atoms. The minimum absolute atomic E-state index is 0.382. The smallest absolute Gasteiger partial charge is 0.235 e. The van der Waals surface area contributed by atoms with Crippen LogP contribution < -0.4 is 5.73 Å². The zero-order chi connectivity index (χ0) is 17.2.